The third-order valence-electron chi connectivity index (χ3n) is 2.76. The predicted octanol–water partition coefficient (Wildman–Crippen LogP) is 1.56. The quantitative estimate of drug-likeness (QED) is 0.186. The Morgan fingerprint density at radius 3 is 2.28 bits per heavy atom. The van der Waals surface area contributed by atoms with Crippen molar-refractivity contribution in [3.05, 3.63) is 34.9 Å². The fourth-order valence-electron chi connectivity index (χ4n) is 1.75. The summed E-state index contributed by atoms with van der Waals surface area (Å²) in [6.07, 6.45) is 0.792. The molecule has 0 aliphatic carbocycles. The van der Waals surface area contributed by atoms with Crippen LogP contribution in [0.2, 0.25) is 0 Å². The van der Waals surface area contributed by atoms with Crippen LogP contribution < -0.4 is 11.5 Å². The minimum atomic E-state index is -1.20. The molecule has 0 aromatic heterocycles. The number of amidine groups is 2. The van der Waals surface area contributed by atoms with E-state index in [4.69, 9.17) is 25.6 Å². The number of aldehydes is 1. The monoisotopic (exact) mass is 368 g/mol. The van der Waals surface area contributed by atoms with Crippen molar-refractivity contribution in [2.75, 3.05) is 19.4 Å². The lowest BCUT2D eigenvalue weighted by atomic mass is 10.1. The summed E-state index contributed by atoms with van der Waals surface area (Å²) < 4.78 is 10.8. The summed E-state index contributed by atoms with van der Waals surface area (Å²) in [4.78, 5) is 22.0. The predicted molar refractivity (Wildman–Crippen MR) is 96.2 cm³/mol. The Bertz CT molecular complexity index is 672. The molecule has 0 fully saturated rings. The molecule has 0 amide bonds. The van der Waals surface area contributed by atoms with E-state index in [0.717, 1.165) is 0 Å². The maximum absolute atomic E-state index is 11.1. The zero-order valence-corrected chi connectivity index (χ0v) is 14.9. The van der Waals surface area contributed by atoms with Crippen LogP contribution in [0.15, 0.2) is 28.4 Å². The first-order chi connectivity index (χ1) is 11.9. The summed E-state index contributed by atoms with van der Waals surface area (Å²) in [5.74, 6) is -1.08. The average Bonchev–Trinajstić information content (AvgIpc) is 2.59. The lowest BCUT2D eigenvalue weighted by molar-refractivity contribution is 0.0697. The lowest BCUT2D eigenvalue weighted by Crippen LogP contribution is -2.19. The van der Waals surface area contributed by atoms with E-state index >= 15 is 0 Å². The number of carbonyl (C=O) groups is 2. The second-order valence-corrected chi connectivity index (χ2v) is 6.17. The van der Waals surface area contributed by atoms with E-state index in [1.165, 1.54) is 18.2 Å². The molecule has 0 aliphatic heterocycles. The van der Waals surface area contributed by atoms with Crippen molar-refractivity contribution in [1.29, 1.82) is 0 Å². The Morgan fingerprint density at radius 1 is 1.16 bits per heavy atom. The first kappa shape index (κ1) is 20.7. The van der Waals surface area contributed by atoms with Crippen LogP contribution in [0.5, 0.6) is 0 Å². The van der Waals surface area contributed by atoms with E-state index in [0.29, 0.717) is 19.5 Å². The van der Waals surface area contributed by atoms with Gasteiger partial charge in [-0.15, -0.1) is 10.2 Å². The van der Waals surface area contributed by atoms with Crippen LogP contribution in [0, 0.1) is 0 Å². The van der Waals surface area contributed by atoms with Crippen molar-refractivity contribution in [2.24, 2.45) is 21.7 Å². The van der Waals surface area contributed by atoms with Gasteiger partial charge in [-0.25, -0.2) is 4.79 Å². The fraction of sp³-hybridized carbons (Fsp3) is 0.333. The smallest absolute Gasteiger partial charge is 0.335 e. The van der Waals surface area contributed by atoms with Gasteiger partial charge in [0.2, 0.25) is 0 Å². The normalized spacial score (nSPS) is 12.4. The lowest BCUT2D eigenvalue weighted by Gasteiger charge is -2.14. The zero-order chi connectivity index (χ0) is 18.8. The van der Waals surface area contributed by atoms with Crippen molar-refractivity contribution in [3.8, 4) is 0 Å². The highest BCUT2D eigenvalue weighted by Crippen LogP contribution is 2.37. The largest absolute Gasteiger partial charge is 0.478 e. The molecule has 0 saturated carbocycles. The number of carboxylic acids is 1. The van der Waals surface area contributed by atoms with Crippen molar-refractivity contribution in [1.82, 2.24) is 0 Å². The van der Waals surface area contributed by atoms with Crippen molar-refractivity contribution >= 4 is 32.3 Å². The molecular formula is C15H21N4O5P. The number of hydrogen-bond acceptors (Lipinski definition) is 6. The van der Waals surface area contributed by atoms with Crippen LogP contribution in [0.4, 0.5) is 0 Å². The average molecular weight is 368 g/mol. The molecule has 0 aliphatic rings. The molecule has 0 bridgehead atoms. The van der Waals surface area contributed by atoms with E-state index in [9.17, 15) is 9.59 Å². The fourth-order valence-corrected chi connectivity index (χ4v) is 2.91. The molecule has 0 unspecified atom stereocenters. The van der Waals surface area contributed by atoms with E-state index in [-0.39, 0.29) is 34.5 Å². The number of nitrogens with zero attached hydrogens (tertiary/aromatic N) is 2. The maximum Gasteiger partial charge on any atom is 0.335 e. The summed E-state index contributed by atoms with van der Waals surface area (Å²) in [6.45, 7) is 4.66. The summed E-state index contributed by atoms with van der Waals surface area (Å²) in [6, 6.07) is 3.95. The van der Waals surface area contributed by atoms with Crippen LogP contribution in [0.1, 0.15) is 40.1 Å². The summed E-state index contributed by atoms with van der Waals surface area (Å²) in [5.41, 5.74) is 11.9. The number of benzene rings is 1. The Labute approximate surface area is 146 Å². The van der Waals surface area contributed by atoms with E-state index in [1.807, 2.05) is 13.8 Å². The Kier molecular flexibility index (Phi) is 8.69. The Balaban J connectivity index is 2.97. The van der Waals surface area contributed by atoms with Gasteiger partial charge in [0.05, 0.1) is 24.9 Å². The third-order valence-corrected chi connectivity index (χ3v) is 4.43. The first-order valence-electron chi connectivity index (χ1n) is 7.44. The maximum atomic E-state index is 11.1. The number of nitrogens with two attached hydrogens (primary N) is 2. The van der Waals surface area contributed by atoms with Gasteiger partial charge in [0.1, 0.15) is 12.1 Å². The zero-order valence-electron chi connectivity index (χ0n) is 14.0. The second kappa shape index (κ2) is 10.5. The van der Waals surface area contributed by atoms with Gasteiger partial charge in [-0.1, -0.05) is 0 Å². The van der Waals surface area contributed by atoms with Crippen LogP contribution >= 0.6 is 8.38 Å². The molecule has 0 spiro atoms. The molecule has 5 N–H and O–H groups in total. The molecular weight excluding hydrogens is 347 g/mol. The van der Waals surface area contributed by atoms with Crippen LogP contribution in [-0.4, -0.2) is 48.4 Å². The first-order valence-corrected chi connectivity index (χ1v) is 8.80. The van der Waals surface area contributed by atoms with Gasteiger partial charge in [-0.05, 0) is 32.0 Å². The molecule has 136 valence electrons. The molecule has 0 atom stereocenters. The number of aromatic carboxylic acids is 1. The van der Waals surface area contributed by atoms with Crippen LogP contribution in [0.3, 0.4) is 0 Å². The number of rotatable bonds is 10. The van der Waals surface area contributed by atoms with Crippen molar-refractivity contribution in [2.45, 2.75) is 13.8 Å². The molecule has 9 nitrogen and oxygen atoms in total. The van der Waals surface area contributed by atoms with E-state index in [1.54, 1.807) is 0 Å². The van der Waals surface area contributed by atoms with Gasteiger partial charge in [0.15, 0.2) is 14.2 Å². The molecule has 1 aromatic carbocycles. The van der Waals surface area contributed by atoms with Gasteiger partial charge in [0.25, 0.3) is 0 Å². The number of carbonyl (C=O) groups excluding carboxylic acids is 1. The molecule has 0 heterocycles. The van der Waals surface area contributed by atoms with E-state index in [2.05, 4.69) is 10.2 Å². The number of carboxylic acid groups (broad SMARTS) is 1. The summed E-state index contributed by atoms with van der Waals surface area (Å²) in [7, 11) is -1.20. The minimum Gasteiger partial charge on any atom is -0.478 e. The molecule has 1 aromatic rings. The van der Waals surface area contributed by atoms with Gasteiger partial charge >= 0.3 is 5.97 Å². The van der Waals surface area contributed by atoms with Crippen LogP contribution in [0.25, 0.3) is 0 Å². The Hall–Kier alpha value is -2.35. The van der Waals surface area contributed by atoms with Crippen LogP contribution in [-0.2, 0) is 9.05 Å². The van der Waals surface area contributed by atoms with Gasteiger partial charge in [-0.3, -0.25) is 4.79 Å². The topological polar surface area (TPSA) is 150 Å². The van der Waals surface area contributed by atoms with Gasteiger partial charge in [0, 0.05) is 11.1 Å². The molecule has 0 radical (unpaired) electrons. The second-order valence-electron chi connectivity index (χ2n) is 4.67. The SMILES string of the molecule is CCOP(C/C(N)=N/N=C(\N)c1cc(C=O)cc(C(=O)O)c1)OCC. The van der Waals surface area contributed by atoms with Gasteiger partial charge < -0.3 is 25.6 Å². The van der Waals surface area contributed by atoms with Gasteiger partial charge in [-0.2, -0.15) is 0 Å². The standard InChI is InChI=1S/C15H21N4O5P/c1-3-23-25(24-4-2)9-13(16)18-19-14(17)11-5-10(8-20)6-12(7-11)15(21)22/h5-8H,3-4,9H2,1-2H3,(H2,16,18)(H2,17,19)(H,21,22). The number of hydrogen-bond donors (Lipinski definition) is 3. The highest BCUT2D eigenvalue weighted by atomic mass is 31.2. The molecule has 1 rings (SSSR count). The van der Waals surface area contributed by atoms with E-state index < -0.39 is 14.3 Å². The summed E-state index contributed by atoms with van der Waals surface area (Å²) in [5, 5.41) is 16.7. The highest BCUT2D eigenvalue weighted by molar-refractivity contribution is 7.48. The Morgan fingerprint density at radius 2 is 1.76 bits per heavy atom. The molecule has 10 heteroatoms. The molecule has 0 saturated heterocycles. The van der Waals surface area contributed by atoms with Crippen molar-refractivity contribution in [3.63, 3.8) is 0 Å². The third kappa shape index (κ3) is 6.96. The minimum absolute atomic E-state index is 0.0636. The molecule has 25 heavy (non-hydrogen) atoms. The summed E-state index contributed by atoms with van der Waals surface area (Å²) >= 11 is 0. The highest BCUT2D eigenvalue weighted by Gasteiger charge is 2.12. The van der Waals surface area contributed by atoms with Crippen molar-refractivity contribution < 1.29 is 23.7 Å².